The van der Waals surface area contributed by atoms with Crippen molar-refractivity contribution < 1.29 is 24.5 Å². The van der Waals surface area contributed by atoms with E-state index in [0.717, 1.165) is 11.3 Å². The highest BCUT2D eigenvalue weighted by Gasteiger charge is 2.37. The Balaban J connectivity index is 1.49. The Morgan fingerprint density at radius 3 is 2.68 bits per heavy atom. The number of nitrogens with zero attached hydrogens (tertiary/aromatic N) is 3. The van der Waals surface area contributed by atoms with Crippen LogP contribution in [-0.4, -0.2) is 100 Å². The number of benzene rings is 1. The maximum atomic E-state index is 13.2. The van der Waals surface area contributed by atoms with Gasteiger partial charge in [0.25, 0.3) is 5.91 Å². The van der Waals surface area contributed by atoms with Crippen molar-refractivity contribution in [3.05, 3.63) is 36.0 Å². The molecule has 0 aliphatic carbocycles. The number of nitrogens with one attached hydrogen (secondary N) is 1. The van der Waals surface area contributed by atoms with Crippen LogP contribution in [0, 0.1) is 0 Å². The van der Waals surface area contributed by atoms with E-state index in [1.54, 1.807) is 11.0 Å². The van der Waals surface area contributed by atoms with Gasteiger partial charge in [0.15, 0.2) is 0 Å². The number of hydrogen-bond acceptors (Lipinski definition) is 7. The van der Waals surface area contributed by atoms with Gasteiger partial charge in [0.2, 0.25) is 0 Å². The van der Waals surface area contributed by atoms with Crippen molar-refractivity contribution in [3.63, 3.8) is 0 Å². The van der Waals surface area contributed by atoms with Gasteiger partial charge in [0.05, 0.1) is 43.8 Å². The molecule has 4 rings (SSSR count). The molecule has 168 valence electrons. The number of carbonyl (C=O) groups is 1. The number of aromatic nitrogens is 2. The number of H-pyrrole nitrogens is 1. The molecule has 1 aromatic carbocycles. The molecule has 0 radical (unpaired) electrons. The third-order valence-electron chi connectivity index (χ3n) is 5.96. The van der Waals surface area contributed by atoms with Crippen LogP contribution in [0.25, 0.3) is 11.3 Å². The monoisotopic (exact) mass is 430 g/mol. The van der Waals surface area contributed by atoms with Crippen LogP contribution >= 0.6 is 0 Å². The first-order valence-electron chi connectivity index (χ1n) is 10.8. The SMILES string of the molecule is CCOc1ccc(-c2cc(C(=O)N3CC[C@@H](O)[C@@H](O)[C@H](N4CCOCC4)C3)[nH]n2)cc1. The summed E-state index contributed by atoms with van der Waals surface area (Å²) in [6, 6.07) is 8.96. The van der Waals surface area contributed by atoms with Gasteiger partial charge in [-0.15, -0.1) is 0 Å². The third kappa shape index (κ3) is 4.90. The van der Waals surface area contributed by atoms with E-state index in [2.05, 4.69) is 15.1 Å². The summed E-state index contributed by atoms with van der Waals surface area (Å²) in [5.74, 6) is 0.596. The number of rotatable bonds is 5. The molecular formula is C22H30N4O5. The van der Waals surface area contributed by atoms with Crippen molar-refractivity contribution in [1.82, 2.24) is 20.0 Å². The maximum Gasteiger partial charge on any atom is 0.271 e. The standard InChI is InChI=1S/C22H30N4O5/c1-2-31-16-5-3-15(4-6-16)17-13-18(24-23-17)22(29)26-8-7-20(27)21(28)19(14-26)25-9-11-30-12-10-25/h3-6,13,19-21,27-28H,2,7-12,14H2,1H3,(H,23,24)/t19-,20-,21+/m1/s1. The lowest BCUT2D eigenvalue weighted by atomic mass is 10.0. The lowest BCUT2D eigenvalue weighted by Gasteiger charge is -2.38. The molecule has 3 N–H and O–H groups in total. The second-order valence-electron chi connectivity index (χ2n) is 7.94. The highest BCUT2D eigenvalue weighted by atomic mass is 16.5. The lowest BCUT2D eigenvalue weighted by Crippen LogP contribution is -2.55. The van der Waals surface area contributed by atoms with Gasteiger partial charge in [-0.1, -0.05) is 0 Å². The molecule has 3 atom stereocenters. The summed E-state index contributed by atoms with van der Waals surface area (Å²) in [6.07, 6.45) is -1.45. The second kappa shape index (κ2) is 9.78. The van der Waals surface area contributed by atoms with Crippen LogP contribution in [0.3, 0.4) is 0 Å². The molecule has 0 spiro atoms. The first kappa shape index (κ1) is 21.8. The molecule has 3 heterocycles. The molecular weight excluding hydrogens is 400 g/mol. The number of amides is 1. The van der Waals surface area contributed by atoms with Crippen LogP contribution in [0.5, 0.6) is 5.75 Å². The number of aliphatic hydroxyl groups is 2. The van der Waals surface area contributed by atoms with Crippen molar-refractivity contribution in [3.8, 4) is 17.0 Å². The van der Waals surface area contributed by atoms with Crippen molar-refractivity contribution in [2.75, 3.05) is 46.0 Å². The van der Waals surface area contributed by atoms with Gasteiger partial charge in [-0.05, 0) is 43.7 Å². The predicted octanol–water partition coefficient (Wildman–Crippen LogP) is 0.744. The smallest absolute Gasteiger partial charge is 0.271 e. The molecule has 2 aliphatic heterocycles. The lowest BCUT2D eigenvalue weighted by molar-refractivity contribution is -0.0609. The van der Waals surface area contributed by atoms with Gasteiger partial charge in [-0.3, -0.25) is 14.8 Å². The van der Waals surface area contributed by atoms with E-state index in [1.807, 2.05) is 31.2 Å². The summed E-state index contributed by atoms with van der Waals surface area (Å²) in [7, 11) is 0. The minimum Gasteiger partial charge on any atom is -0.494 e. The number of aliphatic hydroxyl groups excluding tert-OH is 2. The van der Waals surface area contributed by atoms with Crippen molar-refractivity contribution in [2.24, 2.45) is 0 Å². The number of hydrogen-bond donors (Lipinski definition) is 3. The minimum absolute atomic E-state index is 0.191. The number of ether oxygens (including phenoxy) is 2. The van der Waals surface area contributed by atoms with E-state index in [1.165, 1.54) is 0 Å². The van der Waals surface area contributed by atoms with Crippen LogP contribution in [0.4, 0.5) is 0 Å². The first-order valence-corrected chi connectivity index (χ1v) is 10.8. The highest BCUT2D eigenvalue weighted by Crippen LogP contribution is 2.23. The summed E-state index contributed by atoms with van der Waals surface area (Å²) < 4.78 is 10.9. The predicted molar refractivity (Wildman–Crippen MR) is 114 cm³/mol. The van der Waals surface area contributed by atoms with Gasteiger partial charge in [-0.25, -0.2) is 0 Å². The van der Waals surface area contributed by atoms with Gasteiger partial charge < -0.3 is 24.6 Å². The Morgan fingerprint density at radius 2 is 1.97 bits per heavy atom. The first-order chi connectivity index (χ1) is 15.1. The average Bonchev–Trinajstić information content (AvgIpc) is 3.24. The molecule has 2 aromatic rings. The van der Waals surface area contributed by atoms with Gasteiger partial charge >= 0.3 is 0 Å². The molecule has 2 aliphatic rings. The highest BCUT2D eigenvalue weighted by molar-refractivity contribution is 5.93. The Kier molecular flexibility index (Phi) is 6.86. The van der Waals surface area contributed by atoms with Crippen LogP contribution in [0.1, 0.15) is 23.8 Å². The van der Waals surface area contributed by atoms with E-state index < -0.39 is 12.2 Å². The summed E-state index contributed by atoms with van der Waals surface area (Å²) >= 11 is 0. The van der Waals surface area contributed by atoms with Crippen molar-refractivity contribution >= 4 is 5.91 Å². The Bertz CT molecular complexity index is 865. The number of carbonyl (C=O) groups excluding carboxylic acids is 1. The van der Waals surface area contributed by atoms with E-state index in [0.29, 0.717) is 63.8 Å². The summed E-state index contributed by atoms with van der Waals surface area (Å²) in [4.78, 5) is 17.0. The molecule has 2 fully saturated rings. The minimum atomic E-state index is -0.905. The average molecular weight is 431 g/mol. The number of likely N-dealkylation sites (tertiary alicyclic amines) is 1. The van der Waals surface area contributed by atoms with Crippen molar-refractivity contribution in [1.29, 1.82) is 0 Å². The zero-order valence-corrected chi connectivity index (χ0v) is 17.7. The van der Waals surface area contributed by atoms with Gasteiger partial charge in [0.1, 0.15) is 11.4 Å². The summed E-state index contributed by atoms with van der Waals surface area (Å²) in [5.41, 5.74) is 1.94. The van der Waals surface area contributed by atoms with Crippen LogP contribution in [-0.2, 0) is 4.74 Å². The quantitative estimate of drug-likeness (QED) is 0.642. The molecule has 9 heteroatoms. The largest absolute Gasteiger partial charge is 0.494 e. The Hall–Kier alpha value is -2.46. The molecule has 1 amide bonds. The fourth-order valence-corrected chi connectivity index (χ4v) is 4.20. The molecule has 1 aromatic heterocycles. The zero-order chi connectivity index (χ0) is 21.8. The normalized spacial score (nSPS) is 25.3. The van der Waals surface area contributed by atoms with E-state index in [-0.39, 0.29) is 11.9 Å². The zero-order valence-electron chi connectivity index (χ0n) is 17.7. The van der Waals surface area contributed by atoms with Gasteiger partial charge in [-0.2, -0.15) is 5.10 Å². The third-order valence-corrected chi connectivity index (χ3v) is 5.96. The van der Waals surface area contributed by atoms with Crippen LogP contribution in [0.2, 0.25) is 0 Å². The van der Waals surface area contributed by atoms with E-state index in [4.69, 9.17) is 9.47 Å². The van der Waals surface area contributed by atoms with Gasteiger partial charge in [0, 0.05) is 31.7 Å². The fourth-order valence-electron chi connectivity index (χ4n) is 4.20. The van der Waals surface area contributed by atoms with Crippen molar-refractivity contribution in [2.45, 2.75) is 31.6 Å². The van der Waals surface area contributed by atoms with E-state index in [9.17, 15) is 15.0 Å². The van der Waals surface area contributed by atoms with Crippen LogP contribution in [0.15, 0.2) is 30.3 Å². The molecule has 31 heavy (non-hydrogen) atoms. The molecule has 2 saturated heterocycles. The summed E-state index contributed by atoms with van der Waals surface area (Å²) in [5, 5.41) is 28.2. The second-order valence-corrected chi connectivity index (χ2v) is 7.94. The number of aromatic amines is 1. The Labute approximate surface area is 181 Å². The Morgan fingerprint density at radius 1 is 1.23 bits per heavy atom. The fraction of sp³-hybridized carbons (Fsp3) is 0.545. The topological polar surface area (TPSA) is 111 Å². The van der Waals surface area contributed by atoms with Crippen LogP contribution < -0.4 is 4.74 Å². The molecule has 9 nitrogen and oxygen atoms in total. The molecule has 0 bridgehead atoms. The molecule has 0 saturated carbocycles. The maximum absolute atomic E-state index is 13.2. The number of morpholine rings is 1. The molecule has 0 unspecified atom stereocenters. The van der Waals surface area contributed by atoms with E-state index >= 15 is 0 Å². The summed E-state index contributed by atoms with van der Waals surface area (Å²) in [6.45, 7) is 5.75.